The quantitative estimate of drug-likeness (QED) is 0.832. The summed E-state index contributed by atoms with van der Waals surface area (Å²) in [4.78, 5) is 4.29. The molecule has 0 aliphatic rings. The van der Waals surface area contributed by atoms with Crippen LogP contribution in [0.15, 0.2) is 36.5 Å². The Labute approximate surface area is 95.6 Å². The molecule has 0 saturated heterocycles. The van der Waals surface area contributed by atoms with Gasteiger partial charge in [-0.3, -0.25) is 4.98 Å². The van der Waals surface area contributed by atoms with E-state index in [2.05, 4.69) is 11.1 Å². The molecule has 2 aromatic rings. The number of hydrogen-bond acceptors (Lipinski definition) is 2. The average Bonchev–Trinajstić information content (AvgIpc) is 2.30. The molecule has 2 nitrogen and oxygen atoms in total. The van der Waals surface area contributed by atoms with Crippen molar-refractivity contribution >= 4 is 0 Å². The second kappa shape index (κ2) is 4.45. The van der Waals surface area contributed by atoms with Crippen LogP contribution in [0.5, 0.6) is 0 Å². The van der Waals surface area contributed by atoms with Gasteiger partial charge in [-0.25, -0.2) is 0 Å². The molecule has 0 amide bonds. The van der Waals surface area contributed by atoms with E-state index in [1.54, 1.807) is 0 Å². The molecule has 0 aliphatic heterocycles. The zero-order valence-electron chi connectivity index (χ0n) is 9.57. The summed E-state index contributed by atoms with van der Waals surface area (Å²) in [5, 5.41) is 9.05. The molecular weight excluding hydrogens is 198 g/mol. The van der Waals surface area contributed by atoms with Crippen molar-refractivity contribution in [2.24, 2.45) is 0 Å². The normalized spacial score (nSPS) is 10.4. The van der Waals surface area contributed by atoms with Gasteiger partial charge in [0, 0.05) is 17.5 Å². The number of hydrogen-bond donors (Lipinski definition) is 1. The highest BCUT2D eigenvalue weighted by molar-refractivity contribution is 5.66. The second-order valence-corrected chi connectivity index (χ2v) is 4.00. The third kappa shape index (κ3) is 2.12. The van der Waals surface area contributed by atoms with Gasteiger partial charge in [0.2, 0.25) is 0 Å². The second-order valence-electron chi connectivity index (χ2n) is 4.00. The molecule has 16 heavy (non-hydrogen) atoms. The molecule has 0 fully saturated rings. The van der Waals surface area contributed by atoms with E-state index in [1.807, 2.05) is 44.3 Å². The van der Waals surface area contributed by atoms with E-state index in [9.17, 15) is 0 Å². The van der Waals surface area contributed by atoms with Crippen molar-refractivity contribution < 1.29 is 5.11 Å². The summed E-state index contributed by atoms with van der Waals surface area (Å²) in [6.07, 6.45) is 1.89. The SMILES string of the molecule is Cc1ccc(-c2ccc(CO)cc2C)cn1. The maximum absolute atomic E-state index is 9.05. The number of aromatic nitrogens is 1. The fraction of sp³-hybridized carbons (Fsp3) is 0.214. The highest BCUT2D eigenvalue weighted by Gasteiger charge is 2.02. The Bertz CT molecular complexity index is 489. The Kier molecular flexibility index (Phi) is 3.02. The Morgan fingerprint density at radius 2 is 1.94 bits per heavy atom. The van der Waals surface area contributed by atoms with Crippen molar-refractivity contribution in [1.29, 1.82) is 0 Å². The maximum atomic E-state index is 9.05. The van der Waals surface area contributed by atoms with Crippen LogP contribution in [-0.4, -0.2) is 10.1 Å². The molecule has 0 aliphatic carbocycles. The van der Waals surface area contributed by atoms with Gasteiger partial charge in [0.25, 0.3) is 0 Å². The standard InChI is InChI=1S/C14H15NO/c1-10-7-12(9-16)4-6-14(10)13-5-3-11(2)15-8-13/h3-8,16H,9H2,1-2H3. The van der Waals surface area contributed by atoms with Gasteiger partial charge in [0.05, 0.1) is 6.61 Å². The van der Waals surface area contributed by atoms with Crippen LogP contribution < -0.4 is 0 Å². The molecule has 0 bridgehead atoms. The lowest BCUT2D eigenvalue weighted by atomic mass is 10.00. The highest BCUT2D eigenvalue weighted by Crippen LogP contribution is 2.23. The van der Waals surface area contributed by atoms with E-state index in [0.717, 1.165) is 22.4 Å². The summed E-state index contributed by atoms with van der Waals surface area (Å²) in [5.74, 6) is 0. The van der Waals surface area contributed by atoms with Gasteiger partial charge in [0.1, 0.15) is 0 Å². The van der Waals surface area contributed by atoms with Crippen molar-refractivity contribution in [1.82, 2.24) is 4.98 Å². The third-order valence-electron chi connectivity index (χ3n) is 2.70. The van der Waals surface area contributed by atoms with Crippen LogP contribution in [0.4, 0.5) is 0 Å². The van der Waals surface area contributed by atoms with Crippen molar-refractivity contribution in [3.63, 3.8) is 0 Å². The maximum Gasteiger partial charge on any atom is 0.0681 e. The first-order valence-electron chi connectivity index (χ1n) is 5.34. The lowest BCUT2D eigenvalue weighted by Crippen LogP contribution is -1.89. The zero-order valence-corrected chi connectivity index (χ0v) is 9.57. The zero-order chi connectivity index (χ0) is 11.5. The third-order valence-corrected chi connectivity index (χ3v) is 2.70. The summed E-state index contributed by atoms with van der Waals surface area (Å²) in [6.45, 7) is 4.12. The lowest BCUT2D eigenvalue weighted by Gasteiger charge is -2.07. The van der Waals surface area contributed by atoms with Crippen LogP contribution in [-0.2, 0) is 6.61 Å². The molecule has 0 atom stereocenters. The molecule has 1 N–H and O–H groups in total. The summed E-state index contributed by atoms with van der Waals surface area (Å²) >= 11 is 0. The summed E-state index contributed by atoms with van der Waals surface area (Å²) < 4.78 is 0. The van der Waals surface area contributed by atoms with Crippen LogP contribution in [0.2, 0.25) is 0 Å². The Morgan fingerprint density at radius 1 is 1.12 bits per heavy atom. The topological polar surface area (TPSA) is 33.1 Å². The number of aliphatic hydroxyl groups is 1. The number of nitrogens with zero attached hydrogens (tertiary/aromatic N) is 1. The molecule has 1 aromatic carbocycles. The lowest BCUT2D eigenvalue weighted by molar-refractivity contribution is 0.282. The van der Waals surface area contributed by atoms with E-state index in [0.29, 0.717) is 0 Å². The predicted molar refractivity (Wildman–Crippen MR) is 65.1 cm³/mol. The fourth-order valence-corrected chi connectivity index (χ4v) is 1.78. The van der Waals surface area contributed by atoms with E-state index >= 15 is 0 Å². The molecule has 2 heteroatoms. The molecule has 1 aromatic heterocycles. The number of rotatable bonds is 2. The number of aliphatic hydroxyl groups excluding tert-OH is 1. The van der Waals surface area contributed by atoms with E-state index in [-0.39, 0.29) is 6.61 Å². The Morgan fingerprint density at radius 3 is 2.50 bits per heavy atom. The van der Waals surface area contributed by atoms with Gasteiger partial charge in [-0.1, -0.05) is 24.3 Å². The smallest absolute Gasteiger partial charge is 0.0681 e. The van der Waals surface area contributed by atoms with Crippen LogP contribution >= 0.6 is 0 Å². The van der Waals surface area contributed by atoms with Gasteiger partial charge < -0.3 is 5.11 Å². The van der Waals surface area contributed by atoms with Gasteiger partial charge in [-0.05, 0) is 36.6 Å². The molecule has 1 heterocycles. The number of pyridine rings is 1. The fourth-order valence-electron chi connectivity index (χ4n) is 1.78. The van der Waals surface area contributed by atoms with Gasteiger partial charge in [0.15, 0.2) is 0 Å². The summed E-state index contributed by atoms with van der Waals surface area (Å²) in [5.41, 5.74) is 5.42. The monoisotopic (exact) mass is 213 g/mol. The van der Waals surface area contributed by atoms with Gasteiger partial charge in [-0.15, -0.1) is 0 Å². The molecule has 0 spiro atoms. The molecule has 0 unspecified atom stereocenters. The van der Waals surface area contributed by atoms with Crippen LogP contribution in [0.25, 0.3) is 11.1 Å². The first-order valence-corrected chi connectivity index (χ1v) is 5.34. The van der Waals surface area contributed by atoms with Crippen molar-refractivity contribution in [3.05, 3.63) is 53.3 Å². The minimum Gasteiger partial charge on any atom is -0.392 e. The van der Waals surface area contributed by atoms with Crippen molar-refractivity contribution in [2.45, 2.75) is 20.5 Å². The molecular formula is C14H15NO. The van der Waals surface area contributed by atoms with Crippen LogP contribution in [0.1, 0.15) is 16.8 Å². The van der Waals surface area contributed by atoms with E-state index in [1.165, 1.54) is 5.56 Å². The highest BCUT2D eigenvalue weighted by atomic mass is 16.3. The molecule has 82 valence electrons. The van der Waals surface area contributed by atoms with Crippen LogP contribution in [0.3, 0.4) is 0 Å². The first kappa shape index (κ1) is 10.8. The minimum absolute atomic E-state index is 0.0905. The summed E-state index contributed by atoms with van der Waals surface area (Å²) in [7, 11) is 0. The Balaban J connectivity index is 2.44. The minimum atomic E-state index is 0.0905. The largest absolute Gasteiger partial charge is 0.392 e. The number of aryl methyl sites for hydroxylation is 2. The van der Waals surface area contributed by atoms with Crippen molar-refractivity contribution in [3.8, 4) is 11.1 Å². The van der Waals surface area contributed by atoms with E-state index < -0.39 is 0 Å². The molecule has 0 saturated carbocycles. The first-order chi connectivity index (χ1) is 7.70. The Hall–Kier alpha value is -1.67. The average molecular weight is 213 g/mol. The van der Waals surface area contributed by atoms with Gasteiger partial charge in [-0.2, -0.15) is 0 Å². The molecule has 2 rings (SSSR count). The summed E-state index contributed by atoms with van der Waals surface area (Å²) in [6, 6.07) is 10.1. The van der Waals surface area contributed by atoms with Crippen molar-refractivity contribution in [2.75, 3.05) is 0 Å². The molecule has 0 radical (unpaired) electrons. The van der Waals surface area contributed by atoms with Crippen LogP contribution in [0, 0.1) is 13.8 Å². The van der Waals surface area contributed by atoms with Gasteiger partial charge >= 0.3 is 0 Å². The predicted octanol–water partition coefficient (Wildman–Crippen LogP) is 2.86. The number of benzene rings is 1. The van der Waals surface area contributed by atoms with E-state index in [4.69, 9.17) is 5.11 Å².